The average molecular weight is 331 g/mol. The van der Waals surface area contributed by atoms with Crippen LogP contribution < -0.4 is 19.5 Å². The largest absolute Gasteiger partial charge is 0.493 e. The van der Waals surface area contributed by atoms with Crippen molar-refractivity contribution in [2.24, 2.45) is 5.92 Å². The molecule has 1 aromatic rings. The Hall–Kier alpha value is -2.27. The van der Waals surface area contributed by atoms with Crippen LogP contribution in [-0.2, 0) is 10.3 Å². The fourth-order valence-electron chi connectivity index (χ4n) is 3.27. The lowest BCUT2D eigenvalue weighted by atomic mass is 9.74. The number of methoxy groups -OCH3 is 3. The molecule has 5 nitrogen and oxygen atoms in total. The van der Waals surface area contributed by atoms with Crippen LogP contribution in [0.1, 0.15) is 18.9 Å². The van der Waals surface area contributed by atoms with Gasteiger partial charge < -0.3 is 19.0 Å². The predicted molar refractivity (Wildman–Crippen MR) is 93.9 cm³/mol. The number of allylic oxidation sites excluding steroid dienone is 2. The summed E-state index contributed by atoms with van der Waals surface area (Å²) in [5, 5.41) is 3.38. The lowest BCUT2D eigenvalue weighted by Gasteiger charge is -2.40. The first-order valence-electron chi connectivity index (χ1n) is 8.02. The minimum Gasteiger partial charge on any atom is -0.493 e. The van der Waals surface area contributed by atoms with Gasteiger partial charge in [-0.1, -0.05) is 31.2 Å². The Morgan fingerprint density at radius 3 is 2.29 bits per heavy atom. The second kappa shape index (κ2) is 8.02. The molecule has 130 valence electrons. The molecule has 1 N–H and O–H groups in total. The van der Waals surface area contributed by atoms with Crippen molar-refractivity contribution in [3.63, 3.8) is 0 Å². The first kappa shape index (κ1) is 18.1. The summed E-state index contributed by atoms with van der Waals surface area (Å²) in [5.41, 5.74) is 0.461. The van der Waals surface area contributed by atoms with E-state index in [2.05, 4.69) is 24.4 Å². The molecule has 1 aliphatic rings. The van der Waals surface area contributed by atoms with Crippen LogP contribution in [0.3, 0.4) is 0 Å². The molecule has 0 spiro atoms. The Labute approximate surface area is 143 Å². The maximum atomic E-state index is 11.0. The summed E-state index contributed by atoms with van der Waals surface area (Å²) in [4.78, 5) is 11.0. The number of rotatable bonds is 8. The van der Waals surface area contributed by atoms with Gasteiger partial charge in [-0.05, 0) is 24.1 Å². The van der Waals surface area contributed by atoms with Crippen LogP contribution in [0, 0.1) is 5.92 Å². The number of aldehydes is 1. The van der Waals surface area contributed by atoms with E-state index in [1.54, 1.807) is 21.3 Å². The van der Waals surface area contributed by atoms with Crippen LogP contribution in [0.5, 0.6) is 17.2 Å². The molecule has 0 amide bonds. The van der Waals surface area contributed by atoms with Gasteiger partial charge in [0, 0.05) is 5.92 Å². The van der Waals surface area contributed by atoms with Crippen molar-refractivity contribution in [3.05, 3.63) is 42.0 Å². The molecule has 2 unspecified atom stereocenters. The lowest BCUT2D eigenvalue weighted by molar-refractivity contribution is -0.107. The third-order valence-electron chi connectivity index (χ3n) is 4.46. The van der Waals surface area contributed by atoms with E-state index in [1.807, 2.05) is 24.3 Å². The number of carbonyl (C=O) groups is 1. The first-order chi connectivity index (χ1) is 11.7. The zero-order valence-electron chi connectivity index (χ0n) is 14.7. The molecule has 0 aromatic heterocycles. The summed E-state index contributed by atoms with van der Waals surface area (Å²) in [6.45, 7) is 2.38. The Kier molecular flexibility index (Phi) is 6.04. The van der Waals surface area contributed by atoms with Gasteiger partial charge in [-0.3, -0.25) is 5.32 Å². The minimum absolute atomic E-state index is 0.199. The number of benzene rings is 1. The standard InChI is InChI=1S/C19H25NO4/c1-5-14-8-6-7-9-19(14,20-10-11-21)15-12-16(22-2)18(24-4)17(13-15)23-3/h6-9,11-14,20H,5,10H2,1-4H3. The lowest BCUT2D eigenvalue weighted by Crippen LogP contribution is -2.47. The van der Waals surface area contributed by atoms with Gasteiger partial charge in [0.05, 0.1) is 33.4 Å². The highest BCUT2D eigenvalue weighted by molar-refractivity contribution is 5.58. The van der Waals surface area contributed by atoms with E-state index < -0.39 is 5.54 Å². The van der Waals surface area contributed by atoms with E-state index >= 15 is 0 Å². The van der Waals surface area contributed by atoms with Crippen LogP contribution in [0.25, 0.3) is 0 Å². The van der Waals surface area contributed by atoms with Gasteiger partial charge in [-0.2, -0.15) is 0 Å². The molecule has 0 saturated carbocycles. The normalized spacial score (nSPS) is 22.2. The van der Waals surface area contributed by atoms with Gasteiger partial charge in [0.2, 0.25) is 5.75 Å². The molecular formula is C19H25NO4. The fraction of sp³-hybridized carbons (Fsp3) is 0.421. The van der Waals surface area contributed by atoms with Crippen LogP contribution in [0.4, 0.5) is 0 Å². The van der Waals surface area contributed by atoms with Gasteiger partial charge in [0.1, 0.15) is 6.29 Å². The van der Waals surface area contributed by atoms with E-state index in [-0.39, 0.29) is 12.5 Å². The van der Waals surface area contributed by atoms with Crippen molar-refractivity contribution < 1.29 is 19.0 Å². The number of hydrogen-bond acceptors (Lipinski definition) is 5. The Morgan fingerprint density at radius 1 is 1.12 bits per heavy atom. The third-order valence-corrected chi connectivity index (χ3v) is 4.46. The maximum Gasteiger partial charge on any atom is 0.203 e. The Balaban J connectivity index is 2.64. The summed E-state index contributed by atoms with van der Waals surface area (Å²) >= 11 is 0. The first-order valence-corrected chi connectivity index (χ1v) is 8.02. The second-order valence-electron chi connectivity index (χ2n) is 5.59. The van der Waals surface area contributed by atoms with Gasteiger partial charge in [0.25, 0.3) is 0 Å². The number of carbonyl (C=O) groups excluding carboxylic acids is 1. The Bertz CT molecular complexity index is 613. The third kappa shape index (κ3) is 3.17. The fourth-order valence-corrected chi connectivity index (χ4v) is 3.27. The second-order valence-corrected chi connectivity index (χ2v) is 5.59. The molecule has 0 aliphatic heterocycles. The van der Waals surface area contributed by atoms with E-state index in [9.17, 15) is 4.79 Å². The monoisotopic (exact) mass is 331 g/mol. The molecule has 0 radical (unpaired) electrons. The van der Waals surface area contributed by atoms with E-state index in [4.69, 9.17) is 14.2 Å². The predicted octanol–water partition coefficient (Wildman–Crippen LogP) is 2.85. The highest BCUT2D eigenvalue weighted by Crippen LogP contribution is 2.44. The van der Waals surface area contributed by atoms with Crippen molar-refractivity contribution in [2.75, 3.05) is 27.9 Å². The molecule has 0 bridgehead atoms. The van der Waals surface area contributed by atoms with E-state index in [0.29, 0.717) is 17.2 Å². The molecule has 0 fully saturated rings. The summed E-state index contributed by atoms with van der Waals surface area (Å²) < 4.78 is 16.4. The van der Waals surface area contributed by atoms with Crippen molar-refractivity contribution in [3.8, 4) is 17.2 Å². The molecule has 2 rings (SSSR count). The van der Waals surface area contributed by atoms with Gasteiger partial charge >= 0.3 is 0 Å². The summed E-state index contributed by atoms with van der Waals surface area (Å²) in [6.07, 6.45) is 10.1. The summed E-state index contributed by atoms with van der Waals surface area (Å²) in [5.74, 6) is 1.94. The molecule has 0 saturated heterocycles. The van der Waals surface area contributed by atoms with E-state index in [0.717, 1.165) is 18.3 Å². The molecule has 1 aliphatic carbocycles. The zero-order valence-corrected chi connectivity index (χ0v) is 14.7. The van der Waals surface area contributed by atoms with Crippen molar-refractivity contribution >= 4 is 6.29 Å². The van der Waals surface area contributed by atoms with Crippen LogP contribution in [0.2, 0.25) is 0 Å². The Morgan fingerprint density at radius 2 is 1.79 bits per heavy atom. The van der Waals surface area contributed by atoms with Crippen LogP contribution >= 0.6 is 0 Å². The molecule has 24 heavy (non-hydrogen) atoms. The highest BCUT2D eigenvalue weighted by Gasteiger charge is 2.38. The highest BCUT2D eigenvalue weighted by atomic mass is 16.5. The number of nitrogens with one attached hydrogen (secondary N) is 1. The molecule has 2 atom stereocenters. The van der Waals surface area contributed by atoms with E-state index in [1.165, 1.54) is 0 Å². The van der Waals surface area contributed by atoms with Gasteiger partial charge in [-0.15, -0.1) is 0 Å². The SMILES string of the molecule is CCC1C=CC=CC1(NCC=O)c1cc(OC)c(OC)c(OC)c1. The van der Waals surface area contributed by atoms with Crippen molar-refractivity contribution in [1.29, 1.82) is 0 Å². The quantitative estimate of drug-likeness (QED) is 0.742. The van der Waals surface area contributed by atoms with Crippen LogP contribution in [-0.4, -0.2) is 34.2 Å². The molecule has 5 heteroatoms. The van der Waals surface area contributed by atoms with Crippen molar-refractivity contribution in [1.82, 2.24) is 5.32 Å². The van der Waals surface area contributed by atoms with Crippen LogP contribution in [0.15, 0.2) is 36.4 Å². The van der Waals surface area contributed by atoms with Crippen molar-refractivity contribution in [2.45, 2.75) is 18.9 Å². The zero-order chi connectivity index (χ0) is 17.6. The molecular weight excluding hydrogens is 306 g/mol. The van der Waals surface area contributed by atoms with Gasteiger partial charge in [0.15, 0.2) is 11.5 Å². The average Bonchev–Trinajstić information content (AvgIpc) is 2.64. The summed E-state index contributed by atoms with van der Waals surface area (Å²) in [6, 6.07) is 3.87. The topological polar surface area (TPSA) is 56.8 Å². The minimum atomic E-state index is -0.503. The summed E-state index contributed by atoms with van der Waals surface area (Å²) in [7, 11) is 4.78. The number of hydrogen-bond donors (Lipinski definition) is 1. The smallest absolute Gasteiger partial charge is 0.203 e. The molecule has 1 aromatic carbocycles. The maximum absolute atomic E-state index is 11.0. The molecule has 0 heterocycles. The van der Waals surface area contributed by atoms with Gasteiger partial charge in [-0.25, -0.2) is 0 Å². The number of ether oxygens (including phenoxy) is 3.